The normalized spacial score (nSPS) is 20.0. The molecule has 10 heteroatoms. The average molecular weight is 386 g/mol. The first-order valence-electron chi connectivity index (χ1n) is 9.63. The van der Waals surface area contributed by atoms with E-state index in [1.54, 1.807) is 0 Å². The molecule has 1 rings (SSSR count). The van der Waals surface area contributed by atoms with Crippen molar-refractivity contribution in [3.8, 4) is 0 Å². The molecule has 1 fully saturated rings. The highest BCUT2D eigenvalue weighted by Crippen LogP contribution is 2.45. The third-order valence-electron chi connectivity index (χ3n) is 5.48. The van der Waals surface area contributed by atoms with Crippen molar-refractivity contribution in [2.45, 2.75) is 89.3 Å². The molecule has 1 aliphatic rings. The molecule has 0 N–H and O–H groups in total. The first-order chi connectivity index (χ1) is 12.8. The summed E-state index contributed by atoms with van der Waals surface area (Å²) >= 11 is 0. The maximum atomic E-state index is 11.1. The van der Waals surface area contributed by atoms with Crippen LogP contribution >= 0.6 is 0 Å². The molecule has 0 bridgehead atoms. The molecular weight excluding hydrogens is 358 g/mol. The van der Waals surface area contributed by atoms with Crippen LogP contribution in [0.1, 0.15) is 77.6 Å². The van der Waals surface area contributed by atoms with Gasteiger partial charge >= 0.3 is 18.0 Å². The highest BCUT2D eigenvalue weighted by Gasteiger charge is 2.71. The van der Waals surface area contributed by atoms with Gasteiger partial charge < -0.3 is 0 Å². The molecule has 0 aromatic heterocycles. The van der Waals surface area contributed by atoms with Crippen LogP contribution in [-0.2, 0) is 4.79 Å². The monoisotopic (exact) mass is 386 g/mol. The Kier molecular flexibility index (Phi) is 9.23. The second-order valence-corrected chi connectivity index (χ2v) is 7.39. The quantitative estimate of drug-likeness (QED) is 0.170. The van der Waals surface area contributed by atoms with Gasteiger partial charge in [0.2, 0.25) is 0 Å². The lowest BCUT2D eigenvalue weighted by atomic mass is 9.96. The van der Waals surface area contributed by atoms with E-state index in [-0.39, 0.29) is 6.42 Å². The third kappa shape index (κ3) is 6.21. The molecular formula is C17H28N3O7. The largest absolute Gasteiger partial charge is 0.588 e. The van der Waals surface area contributed by atoms with Crippen molar-refractivity contribution < 1.29 is 19.6 Å². The van der Waals surface area contributed by atoms with Crippen molar-refractivity contribution in [2.24, 2.45) is 11.8 Å². The van der Waals surface area contributed by atoms with Gasteiger partial charge in [-0.15, -0.1) is 0 Å². The van der Waals surface area contributed by atoms with Crippen molar-refractivity contribution in [1.29, 1.82) is 0 Å². The van der Waals surface area contributed by atoms with Gasteiger partial charge in [0.15, 0.2) is 0 Å². The van der Waals surface area contributed by atoms with Crippen LogP contribution in [0.15, 0.2) is 0 Å². The zero-order valence-corrected chi connectivity index (χ0v) is 15.7. The van der Waals surface area contributed by atoms with E-state index in [4.69, 9.17) is 0 Å². The van der Waals surface area contributed by atoms with Crippen LogP contribution in [0, 0.1) is 42.2 Å². The lowest BCUT2D eigenvalue weighted by Gasteiger charge is -2.14. The summed E-state index contributed by atoms with van der Waals surface area (Å²) in [5.74, 6) is 1.47. The predicted molar refractivity (Wildman–Crippen MR) is 96.6 cm³/mol. The molecule has 0 aliphatic heterocycles. The Morgan fingerprint density at radius 2 is 1.44 bits per heavy atom. The summed E-state index contributed by atoms with van der Waals surface area (Å²) in [7, 11) is 0. The minimum Gasteiger partial charge on any atom is -0.273 e. The molecule has 1 saturated carbocycles. The van der Waals surface area contributed by atoms with Crippen LogP contribution in [0.2, 0.25) is 0 Å². The molecule has 27 heavy (non-hydrogen) atoms. The topological polar surface area (TPSA) is 146 Å². The van der Waals surface area contributed by atoms with Gasteiger partial charge in [0.25, 0.3) is 0 Å². The first-order valence-corrected chi connectivity index (χ1v) is 9.63. The lowest BCUT2D eigenvalue weighted by Crippen LogP contribution is -2.59. The summed E-state index contributed by atoms with van der Waals surface area (Å²) in [6, 6.07) is -2.22. The van der Waals surface area contributed by atoms with Crippen molar-refractivity contribution in [3.63, 3.8) is 0 Å². The average Bonchev–Trinajstić information content (AvgIpc) is 3.35. The van der Waals surface area contributed by atoms with Gasteiger partial charge in [-0.25, -0.2) is 0 Å². The lowest BCUT2D eigenvalue weighted by molar-refractivity contribution is -0.810. The van der Waals surface area contributed by atoms with Gasteiger partial charge in [0.1, 0.15) is 9.85 Å². The SMILES string of the molecule is CCCCCCC1CC1CCCCCC([N+](=O)[O-])C([C]=O)([N+](=O)[O-])[N+](=O)[O-]. The van der Waals surface area contributed by atoms with Crippen molar-refractivity contribution in [3.05, 3.63) is 30.3 Å². The zero-order valence-electron chi connectivity index (χ0n) is 15.7. The van der Waals surface area contributed by atoms with Crippen molar-refractivity contribution in [1.82, 2.24) is 0 Å². The smallest absolute Gasteiger partial charge is 0.273 e. The van der Waals surface area contributed by atoms with Gasteiger partial charge in [-0.3, -0.25) is 35.1 Å². The fourth-order valence-corrected chi connectivity index (χ4v) is 3.68. The van der Waals surface area contributed by atoms with Gasteiger partial charge in [0.05, 0.1) is 0 Å². The van der Waals surface area contributed by atoms with E-state index in [0.717, 1.165) is 18.8 Å². The number of hydrogen-bond acceptors (Lipinski definition) is 7. The van der Waals surface area contributed by atoms with E-state index in [1.807, 2.05) is 0 Å². The summed E-state index contributed by atoms with van der Waals surface area (Å²) in [5.41, 5.74) is -3.54. The van der Waals surface area contributed by atoms with Crippen molar-refractivity contribution in [2.75, 3.05) is 0 Å². The van der Waals surface area contributed by atoms with Gasteiger partial charge in [-0.1, -0.05) is 58.3 Å². The first kappa shape index (κ1) is 22.9. The van der Waals surface area contributed by atoms with Crippen LogP contribution in [0.3, 0.4) is 0 Å². The minimum absolute atomic E-state index is 0.227. The fourth-order valence-electron chi connectivity index (χ4n) is 3.68. The molecule has 0 aromatic carbocycles. The van der Waals surface area contributed by atoms with E-state index in [9.17, 15) is 35.1 Å². The zero-order chi connectivity index (χ0) is 20.4. The van der Waals surface area contributed by atoms with E-state index in [0.29, 0.717) is 18.6 Å². The second kappa shape index (κ2) is 10.9. The molecule has 10 nitrogen and oxygen atoms in total. The van der Waals surface area contributed by atoms with E-state index in [2.05, 4.69) is 6.92 Å². The standard InChI is InChI=1S/C17H28N3O7/c1-2-3-4-6-9-14-12-15(14)10-7-5-8-11-16(18(22)23)17(13-21,19(24)25)20(26)27/h14-16H,2-12H2,1H3. The van der Waals surface area contributed by atoms with Gasteiger partial charge in [-0.05, 0) is 24.7 Å². The summed E-state index contributed by atoms with van der Waals surface area (Å²) in [4.78, 5) is 39.8. The molecule has 3 atom stereocenters. The van der Waals surface area contributed by atoms with Gasteiger partial charge in [0, 0.05) is 11.3 Å². The maximum absolute atomic E-state index is 11.1. The Balaban J connectivity index is 2.36. The second-order valence-electron chi connectivity index (χ2n) is 7.39. The molecule has 0 amide bonds. The number of carbonyl (C=O) groups excluding carboxylic acids is 1. The van der Waals surface area contributed by atoms with Gasteiger partial charge in [-0.2, -0.15) is 0 Å². The summed E-state index contributed by atoms with van der Waals surface area (Å²) in [6.45, 7) is 2.18. The molecule has 1 radical (unpaired) electrons. The van der Waals surface area contributed by atoms with Crippen LogP contribution < -0.4 is 0 Å². The molecule has 0 spiro atoms. The van der Waals surface area contributed by atoms with E-state index < -0.39 is 32.9 Å². The molecule has 1 aliphatic carbocycles. The van der Waals surface area contributed by atoms with Crippen molar-refractivity contribution >= 4 is 6.29 Å². The Hall–Kier alpha value is -2.13. The molecule has 153 valence electrons. The Labute approximate surface area is 158 Å². The number of unbranched alkanes of at least 4 members (excludes halogenated alkanes) is 5. The molecule has 3 unspecified atom stereocenters. The number of rotatable bonds is 16. The van der Waals surface area contributed by atoms with Crippen LogP contribution in [0.25, 0.3) is 0 Å². The van der Waals surface area contributed by atoms with Crippen LogP contribution in [-0.4, -0.2) is 32.8 Å². The molecule has 0 saturated heterocycles. The Morgan fingerprint density at radius 1 is 0.926 bits per heavy atom. The fraction of sp³-hybridized carbons (Fsp3) is 0.941. The summed E-state index contributed by atoms with van der Waals surface area (Å²) in [6.07, 6.45) is 10.4. The molecule has 0 heterocycles. The number of hydrogen-bond donors (Lipinski definition) is 0. The minimum atomic E-state index is -3.54. The van der Waals surface area contributed by atoms with Crippen LogP contribution in [0.5, 0.6) is 0 Å². The van der Waals surface area contributed by atoms with Crippen LogP contribution in [0.4, 0.5) is 0 Å². The number of nitro groups is 3. The Bertz CT molecular complexity index is 527. The Morgan fingerprint density at radius 3 is 1.85 bits per heavy atom. The van der Waals surface area contributed by atoms with E-state index in [1.165, 1.54) is 38.5 Å². The highest BCUT2D eigenvalue weighted by molar-refractivity contribution is 5.61. The number of nitrogens with zero attached hydrogens (tertiary/aromatic N) is 3. The highest BCUT2D eigenvalue weighted by atomic mass is 16.7. The third-order valence-corrected chi connectivity index (χ3v) is 5.48. The summed E-state index contributed by atoms with van der Waals surface area (Å²) in [5, 5.41) is 33.1. The van der Waals surface area contributed by atoms with E-state index >= 15 is 0 Å². The molecule has 0 aromatic rings. The maximum Gasteiger partial charge on any atom is 0.588 e. The summed E-state index contributed by atoms with van der Waals surface area (Å²) < 4.78 is 0. The predicted octanol–water partition coefficient (Wildman–Crippen LogP) is 3.55.